The van der Waals surface area contributed by atoms with Gasteiger partial charge in [-0.05, 0) is 30.7 Å². The Morgan fingerprint density at radius 1 is 1.33 bits per heavy atom. The number of phenolic OH excluding ortho intramolecular Hbond substituents is 2. The van der Waals surface area contributed by atoms with Gasteiger partial charge in [-0.15, -0.1) is 11.8 Å². The molecule has 1 aromatic rings. The molecule has 7 heteroatoms. The largest absolute Gasteiger partial charge is 0.504 e. The highest BCUT2D eigenvalue weighted by atomic mass is 32.2. The molecule has 0 saturated carbocycles. The van der Waals surface area contributed by atoms with Crippen LogP contribution in [0.4, 0.5) is 0 Å². The monoisotopic (exact) mass is 272 g/mol. The number of rotatable bonds is 6. The standard InChI is InChI=1S/C11H16N2O4S/c12-2-1-6-3-8(14)9(15)4-10(6)18-5-7(13)11(16)17/h3-4,7,14-15H,1-2,5,12-13H2,(H,16,17)/t7-/m0/s1. The Morgan fingerprint density at radius 3 is 2.50 bits per heavy atom. The number of nitrogens with two attached hydrogens (primary N) is 2. The number of carboxylic acid groups (broad SMARTS) is 1. The summed E-state index contributed by atoms with van der Waals surface area (Å²) in [5.41, 5.74) is 11.6. The fourth-order valence-corrected chi connectivity index (χ4v) is 2.38. The first-order valence-electron chi connectivity index (χ1n) is 5.31. The van der Waals surface area contributed by atoms with Gasteiger partial charge in [0.1, 0.15) is 6.04 Å². The normalized spacial score (nSPS) is 12.3. The molecule has 0 fully saturated rings. The highest BCUT2D eigenvalue weighted by Gasteiger charge is 2.14. The van der Waals surface area contributed by atoms with E-state index in [1.54, 1.807) is 0 Å². The lowest BCUT2D eigenvalue weighted by molar-refractivity contribution is -0.137. The quantitative estimate of drug-likeness (QED) is 0.367. The van der Waals surface area contributed by atoms with Crippen molar-refractivity contribution in [2.45, 2.75) is 17.4 Å². The second kappa shape index (κ2) is 6.48. The van der Waals surface area contributed by atoms with Gasteiger partial charge in [0.25, 0.3) is 0 Å². The van der Waals surface area contributed by atoms with E-state index in [9.17, 15) is 15.0 Å². The maximum atomic E-state index is 10.6. The molecular formula is C11H16N2O4S. The molecule has 0 radical (unpaired) electrons. The van der Waals surface area contributed by atoms with Crippen LogP contribution in [-0.2, 0) is 11.2 Å². The van der Waals surface area contributed by atoms with E-state index in [1.165, 1.54) is 23.9 Å². The number of benzene rings is 1. The van der Waals surface area contributed by atoms with E-state index in [0.29, 0.717) is 17.9 Å². The molecule has 6 nitrogen and oxygen atoms in total. The molecule has 1 aromatic carbocycles. The van der Waals surface area contributed by atoms with Gasteiger partial charge in [0.2, 0.25) is 0 Å². The van der Waals surface area contributed by atoms with Crippen LogP contribution in [0.2, 0.25) is 0 Å². The van der Waals surface area contributed by atoms with E-state index in [0.717, 1.165) is 5.56 Å². The van der Waals surface area contributed by atoms with Gasteiger partial charge in [0, 0.05) is 10.6 Å². The van der Waals surface area contributed by atoms with E-state index in [-0.39, 0.29) is 17.3 Å². The number of carboxylic acids is 1. The average Bonchev–Trinajstić information content (AvgIpc) is 2.31. The van der Waals surface area contributed by atoms with Gasteiger partial charge >= 0.3 is 5.97 Å². The molecule has 0 bridgehead atoms. The van der Waals surface area contributed by atoms with Gasteiger partial charge in [0.15, 0.2) is 11.5 Å². The maximum absolute atomic E-state index is 10.6. The van der Waals surface area contributed by atoms with Crippen LogP contribution >= 0.6 is 11.8 Å². The Kier molecular flexibility index (Phi) is 5.26. The predicted molar refractivity (Wildman–Crippen MR) is 68.9 cm³/mol. The van der Waals surface area contributed by atoms with Crippen LogP contribution < -0.4 is 11.5 Å². The second-order valence-electron chi connectivity index (χ2n) is 3.74. The lowest BCUT2D eigenvalue weighted by Crippen LogP contribution is -2.32. The van der Waals surface area contributed by atoms with Crippen molar-refractivity contribution in [2.24, 2.45) is 11.5 Å². The first-order valence-corrected chi connectivity index (χ1v) is 6.30. The van der Waals surface area contributed by atoms with E-state index >= 15 is 0 Å². The van der Waals surface area contributed by atoms with Crippen LogP contribution in [0.5, 0.6) is 11.5 Å². The van der Waals surface area contributed by atoms with Gasteiger partial charge in [-0.25, -0.2) is 0 Å². The van der Waals surface area contributed by atoms with Crippen molar-refractivity contribution < 1.29 is 20.1 Å². The maximum Gasteiger partial charge on any atom is 0.321 e. The zero-order valence-corrected chi connectivity index (χ0v) is 10.5. The Balaban J connectivity index is 2.85. The zero-order chi connectivity index (χ0) is 13.7. The van der Waals surface area contributed by atoms with Crippen molar-refractivity contribution in [3.8, 4) is 11.5 Å². The van der Waals surface area contributed by atoms with Crippen molar-refractivity contribution >= 4 is 17.7 Å². The summed E-state index contributed by atoms with van der Waals surface area (Å²) in [7, 11) is 0. The summed E-state index contributed by atoms with van der Waals surface area (Å²) in [6.07, 6.45) is 0.526. The Morgan fingerprint density at radius 2 is 1.94 bits per heavy atom. The number of phenols is 2. The second-order valence-corrected chi connectivity index (χ2v) is 4.80. The van der Waals surface area contributed by atoms with Crippen molar-refractivity contribution in [1.82, 2.24) is 0 Å². The number of hydrogen-bond donors (Lipinski definition) is 5. The Hall–Kier alpha value is -1.44. The van der Waals surface area contributed by atoms with Gasteiger partial charge in [-0.3, -0.25) is 4.79 Å². The molecule has 0 saturated heterocycles. The highest BCUT2D eigenvalue weighted by Crippen LogP contribution is 2.34. The van der Waals surface area contributed by atoms with Crippen LogP contribution in [0.3, 0.4) is 0 Å². The summed E-state index contributed by atoms with van der Waals surface area (Å²) < 4.78 is 0. The van der Waals surface area contributed by atoms with E-state index in [2.05, 4.69) is 0 Å². The van der Waals surface area contributed by atoms with Crippen LogP contribution in [-0.4, -0.2) is 39.6 Å². The van der Waals surface area contributed by atoms with Crippen LogP contribution in [0, 0.1) is 0 Å². The molecule has 0 amide bonds. The fourth-order valence-electron chi connectivity index (χ4n) is 1.34. The minimum atomic E-state index is -1.08. The number of aromatic hydroxyl groups is 2. The Bertz CT molecular complexity index is 439. The summed E-state index contributed by atoms with van der Waals surface area (Å²) in [6.45, 7) is 0.392. The summed E-state index contributed by atoms with van der Waals surface area (Å²) in [6, 6.07) is 1.84. The SMILES string of the molecule is NCCc1cc(O)c(O)cc1SC[C@H](N)C(=O)O. The number of hydrogen-bond acceptors (Lipinski definition) is 6. The summed E-state index contributed by atoms with van der Waals surface area (Å²) >= 11 is 1.21. The summed E-state index contributed by atoms with van der Waals surface area (Å²) in [5, 5.41) is 27.5. The molecule has 1 rings (SSSR count). The fraction of sp³-hybridized carbons (Fsp3) is 0.364. The highest BCUT2D eigenvalue weighted by molar-refractivity contribution is 7.99. The third-order valence-corrected chi connectivity index (χ3v) is 3.52. The first kappa shape index (κ1) is 14.6. The van der Waals surface area contributed by atoms with Gasteiger partial charge in [-0.1, -0.05) is 0 Å². The van der Waals surface area contributed by atoms with E-state index < -0.39 is 12.0 Å². The minimum Gasteiger partial charge on any atom is -0.504 e. The topological polar surface area (TPSA) is 130 Å². The molecule has 0 aromatic heterocycles. The lowest BCUT2D eigenvalue weighted by Gasteiger charge is -2.12. The summed E-state index contributed by atoms with van der Waals surface area (Å²) in [4.78, 5) is 11.3. The van der Waals surface area contributed by atoms with Crippen molar-refractivity contribution in [3.05, 3.63) is 17.7 Å². The van der Waals surface area contributed by atoms with Crippen LogP contribution in [0.25, 0.3) is 0 Å². The van der Waals surface area contributed by atoms with E-state index in [1.807, 2.05) is 0 Å². The zero-order valence-electron chi connectivity index (χ0n) is 9.67. The molecule has 0 spiro atoms. The van der Waals surface area contributed by atoms with Gasteiger partial charge in [0.05, 0.1) is 0 Å². The number of thioether (sulfide) groups is 1. The molecule has 0 aliphatic rings. The lowest BCUT2D eigenvalue weighted by atomic mass is 10.1. The van der Waals surface area contributed by atoms with Crippen molar-refractivity contribution in [1.29, 1.82) is 0 Å². The molecule has 18 heavy (non-hydrogen) atoms. The molecule has 7 N–H and O–H groups in total. The van der Waals surface area contributed by atoms with E-state index in [4.69, 9.17) is 16.6 Å². The predicted octanol–water partition coefficient (Wildman–Crippen LogP) is 0.103. The minimum absolute atomic E-state index is 0.178. The average molecular weight is 272 g/mol. The molecule has 0 unspecified atom stereocenters. The van der Waals surface area contributed by atoms with Crippen LogP contribution in [0.1, 0.15) is 5.56 Å². The first-order chi connectivity index (χ1) is 8.45. The molecule has 100 valence electrons. The molecule has 0 heterocycles. The molecule has 0 aliphatic carbocycles. The smallest absolute Gasteiger partial charge is 0.321 e. The molecular weight excluding hydrogens is 256 g/mol. The van der Waals surface area contributed by atoms with Crippen molar-refractivity contribution in [3.63, 3.8) is 0 Å². The third-order valence-electron chi connectivity index (χ3n) is 2.31. The Labute approximate surface area is 109 Å². The summed E-state index contributed by atoms with van der Waals surface area (Å²) in [5.74, 6) is -1.37. The van der Waals surface area contributed by atoms with Crippen molar-refractivity contribution in [2.75, 3.05) is 12.3 Å². The number of carbonyl (C=O) groups is 1. The molecule has 0 aliphatic heterocycles. The number of aliphatic carboxylic acids is 1. The van der Waals surface area contributed by atoms with Gasteiger partial charge in [-0.2, -0.15) is 0 Å². The third kappa shape index (κ3) is 3.80. The van der Waals surface area contributed by atoms with Crippen LogP contribution in [0.15, 0.2) is 17.0 Å². The van der Waals surface area contributed by atoms with Gasteiger partial charge < -0.3 is 26.8 Å². The molecule has 1 atom stereocenters.